The molecule has 0 atom stereocenters. The van der Waals surface area contributed by atoms with Crippen molar-refractivity contribution >= 4 is 17.7 Å². The van der Waals surface area contributed by atoms with Crippen LogP contribution in [0, 0.1) is 19.7 Å². The summed E-state index contributed by atoms with van der Waals surface area (Å²) in [6.45, 7) is 7.62. The standard InChI is InChI=1S/C22H27FN4O3/c1-15-14-20(16(2)27(15)19-6-4-18(23)5-7-19)22(30)24-9-8-21(29)26-12-10-25(11-13-26)17(3)28/h4-7,14H,8-13H2,1-3H3,(H,24,30). The minimum Gasteiger partial charge on any atom is -0.351 e. The van der Waals surface area contributed by atoms with Gasteiger partial charge < -0.3 is 19.7 Å². The number of nitrogens with one attached hydrogen (secondary N) is 1. The fraction of sp³-hybridized carbons (Fsp3) is 0.409. The first-order valence-corrected chi connectivity index (χ1v) is 10.0. The van der Waals surface area contributed by atoms with Crippen LogP contribution in [0.3, 0.4) is 0 Å². The second-order valence-corrected chi connectivity index (χ2v) is 7.49. The van der Waals surface area contributed by atoms with Gasteiger partial charge in [-0.3, -0.25) is 14.4 Å². The van der Waals surface area contributed by atoms with Crippen molar-refractivity contribution < 1.29 is 18.8 Å². The van der Waals surface area contributed by atoms with Crippen molar-refractivity contribution in [2.24, 2.45) is 0 Å². The van der Waals surface area contributed by atoms with E-state index in [-0.39, 0.29) is 36.5 Å². The normalized spacial score (nSPS) is 14.0. The van der Waals surface area contributed by atoms with Crippen LogP contribution < -0.4 is 5.32 Å². The quantitative estimate of drug-likeness (QED) is 0.814. The summed E-state index contributed by atoms with van der Waals surface area (Å²) in [6, 6.07) is 7.89. The van der Waals surface area contributed by atoms with E-state index in [0.29, 0.717) is 31.7 Å². The van der Waals surface area contributed by atoms with Gasteiger partial charge in [-0.05, 0) is 44.2 Å². The fourth-order valence-corrected chi connectivity index (χ4v) is 3.79. The van der Waals surface area contributed by atoms with Gasteiger partial charge in [0.1, 0.15) is 5.82 Å². The van der Waals surface area contributed by atoms with E-state index in [1.54, 1.807) is 28.0 Å². The maximum Gasteiger partial charge on any atom is 0.253 e. The molecule has 1 aliphatic rings. The topological polar surface area (TPSA) is 74.7 Å². The number of amides is 3. The Morgan fingerprint density at radius 3 is 2.20 bits per heavy atom. The second kappa shape index (κ2) is 9.11. The first-order chi connectivity index (χ1) is 14.3. The van der Waals surface area contributed by atoms with Gasteiger partial charge in [0.25, 0.3) is 5.91 Å². The van der Waals surface area contributed by atoms with Gasteiger partial charge in [-0.15, -0.1) is 0 Å². The molecule has 0 bridgehead atoms. The van der Waals surface area contributed by atoms with Crippen molar-refractivity contribution in [2.45, 2.75) is 27.2 Å². The van der Waals surface area contributed by atoms with Gasteiger partial charge in [0, 0.05) is 63.1 Å². The van der Waals surface area contributed by atoms with E-state index in [0.717, 1.165) is 17.1 Å². The highest BCUT2D eigenvalue weighted by Crippen LogP contribution is 2.21. The zero-order valence-corrected chi connectivity index (χ0v) is 17.6. The predicted molar refractivity (Wildman–Crippen MR) is 111 cm³/mol. The van der Waals surface area contributed by atoms with E-state index < -0.39 is 0 Å². The molecule has 160 valence electrons. The van der Waals surface area contributed by atoms with Crippen LogP contribution in [0.25, 0.3) is 5.69 Å². The lowest BCUT2D eigenvalue weighted by Gasteiger charge is -2.34. The number of aryl methyl sites for hydroxylation is 1. The van der Waals surface area contributed by atoms with Crippen molar-refractivity contribution in [3.05, 3.63) is 53.1 Å². The van der Waals surface area contributed by atoms with E-state index in [2.05, 4.69) is 5.32 Å². The Labute approximate surface area is 175 Å². The molecule has 1 saturated heterocycles. The fourth-order valence-electron chi connectivity index (χ4n) is 3.79. The Hall–Kier alpha value is -3.16. The minimum absolute atomic E-state index is 0.0209. The SMILES string of the molecule is CC(=O)N1CCN(C(=O)CCNC(=O)c2cc(C)n(-c3ccc(F)cc3)c2C)CC1. The average molecular weight is 414 g/mol. The highest BCUT2D eigenvalue weighted by atomic mass is 19.1. The molecule has 3 rings (SSSR count). The van der Waals surface area contributed by atoms with Crippen LogP contribution in [-0.4, -0.2) is 64.8 Å². The maximum atomic E-state index is 13.2. The van der Waals surface area contributed by atoms with Gasteiger partial charge in [-0.25, -0.2) is 4.39 Å². The van der Waals surface area contributed by atoms with Crippen molar-refractivity contribution in [1.29, 1.82) is 0 Å². The summed E-state index contributed by atoms with van der Waals surface area (Å²) in [5.41, 5.74) is 2.93. The van der Waals surface area contributed by atoms with Crippen molar-refractivity contribution in [3.63, 3.8) is 0 Å². The molecule has 1 N–H and O–H groups in total. The Kier molecular flexibility index (Phi) is 6.54. The zero-order chi connectivity index (χ0) is 21.8. The summed E-state index contributed by atoms with van der Waals surface area (Å²) in [5, 5.41) is 2.81. The van der Waals surface area contributed by atoms with E-state index in [1.807, 2.05) is 18.4 Å². The van der Waals surface area contributed by atoms with Crippen molar-refractivity contribution in [1.82, 2.24) is 19.7 Å². The molecule has 2 aromatic rings. The first kappa shape index (κ1) is 21.5. The number of nitrogens with zero attached hydrogens (tertiary/aromatic N) is 3. The summed E-state index contributed by atoms with van der Waals surface area (Å²) in [4.78, 5) is 39.8. The maximum absolute atomic E-state index is 13.2. The first-order valence-electron chi connectivity index (χ1n) is 10.0. The molecule has 0 aliphatic carbocycles. The van der Waals surface area contributed by atoms with E-state index in [4.69, 9.17) is 0 Å². The van der Waals surface area contributed by atoms with Crippen LogP contribution in [0.5, 0.6) is 0 Å². The molecule has 3 amide bonds. The number of benzene rings is 1. The third kappa shape index (κ3) is 4.69. The summed E-state index contributed by atoms with van der Waals surface area (Å²) in [5.74, 6) is -0.569. The summed E-state index contributed by atoms with van der Waals surface area (Å²) in [6.07, 6.45) is 0.211. The third-order valence-electron chi connectivity index (χ3n) is 5.46. The molecular weight excluding hydrogens is 387 g/mol. The van der Waals surface area contributed by atoms with Gasteiger partial charge in [0.15, 0.2) is 0 Å². The summed E-state index contributed by atoms with van der Waals surface area (Å²) < 4.78 is 15.1. The van der Waals surface area contributed by atoms with E-state index >= 15 is 0 Å². The van der Waals surface area contributed by atoms with Crippen LogP contribution >= 0.6 is 0 Å². The molecule has 1 aromatic heterocycles. The number of carbonyl (C=O) groups is 3. The predicted octanol–water partition coefficient (Wildman–Crippen LogP) is 2.04. The molecule has 1 aliphatic heterocycles. The molecule has 0 saturated carbocycles. The van der Waals surface area contributed by atoms with Crippen molar-refractivity contribution in [2.75, 3.05) is 32.7 Å². The van der Waals surface area contributed by atoms with Crippen LogP contribution in [0.2, 0.25) is 0 Å². The van der Waals surface area contributed by atoms with Gasteiger partial charge in [-0.2, -0.15) is 0 Å². The zero-order valence-electron chi connectivity index (χ0n) is 17.6. The number of piperazine rings is 1. The molecule has 0 radical (unpaired) electrons. The van der Waals surface area contributed by atoms with Gasteiger partial charge in [0.05, 0.1) is 5.56 Å². The number of carbonyl (C=O) groups excluding carboxylic acids is 3. The largest absolute Gasteiger partial charge is 0.351 e. The number of aromatic nitrogens is 1. The summed E-state index contributed by atoms with van der Waals surface area (Å²) in [7, 11) is 0. The monoisotopic (exact) mass is 414 g/mol. The lowest BCUT2D eigenvalue weighted by Crippen LogP contribution is -2.50. The molecule has 30 heavy (non-hydrogen) atoms. The number of halogens is 1. The van der Waals surface area contributed by atoms with E-state index in [9.17, 15) is 18.8 Å². The molecule has 8 heteroatoms. The molecule has 7 nitrogen and oxygen atoms in total. The van der Waals surface area contributed by atoms with Crippen LogP contribution in [0.4, 0.5) is 4.39 Å². The van der Waals surface area contributed by atoms with Crippen LogP contribution in [0.1, 0.15) is 35.1 Å². The Bertz CT molecular complexity index is 944. The second-order valence-electron chi connectivity index (χ2n) is 7.49. The minimum atomic E-state index is -0.313. The Balaban J connectivity index is 1.55. The number of hydrogen-bond acceptors (Lipinski definition) is 3. The molecule has 0 unspecified atom stereocenters. The smallest absolute Gasteiger partial charge is 0.253 e. The van der Waals surface area contributed by atoms with Crippen molar-refractivity contribution in [3.8, 4) is 5.69 Å². The number of rotatable bonds is 5. The highest BCUT2D eigenvalue weighted by Gasteiger charge is 2.22. The summed E-state index contributed by atoms with van der Waals surface area (Å²) >= 11 is 0. The highest BCUT2D eigenvalue weighted by molar-refractivity contribution is 5.96. The third-order valence-corrected chi connectivity index (χ3v) is 5.46. The average Bonchev–Trinajstić information content (AvgIpc) is 3.02. The van der Waals surface area contributed by atoms with Crippen LogP contribution in [-0.2, 0) is 9.59 Å². The van der Waals surface area contributed by atoms with Gasteiger partial charge in [0.2, 0.25) is 11.8 Å². The molecular formula is C22H27FN4O3. The Morgan fingerprint density at radius 1 is 1.00 bits per heavy atom. The molecule has 1 aromatic carbocycles. The van der Waals surface area contributed by atoms with Gasteiger partial charge >= 0.3 is 0 Å². The number of hydrogen-bond donors (Lipinski definition) is 1. The van der Waals surface area contributed by atoms with Crippen LogP contribution in [0.15, 0.2) is 30.3 Å². The molecule has 2 heterocycles. The van der Waals surface area contributed by atoms with E-state index in [1.165, 1.54) is 19.1 Å². The molecule has 0 spiro atoms. The lowest BCUT2D eigenvalue weighted by atomic mass is 10.2. The van der Waals surface area contributed by atoms with Gasteiger partial charge in [-0.1, -0.05) is 0 Å². The molecule has 1 fully saturated rings. The lowest BCUT2D eigenvalue weighted by molar-refractivity contribution is -0.138. The Morgan fingerprint density at radius 2 is 1.60 bits per heavy atom.